The second kappa shape index (κ2) is 8.91. The fraction of sp³-hybridized carbons (Fsp3) is 0.625. The monoisotopic (exact) mass is 375 g/mol. The van der Waals surface area contributed by atoms with Crippen LogP contribution in [-0.2, 0) is 16.4 Å². The summed E-state index contributed by atoms with van der Waals surface area (Å²) in [6, 6.07) is 7.39. The quantitative estimate of drug-likeness (QED) is 0.606. The summed E-state index contributed by atoms with van der Waals surface area (Å²) >= 11 is 3.37. The Morgan fingerprint density at radius 3 is 2.10 bits per heavy atom. The number of halogens is 1. The van der Waals surface area contributed by atoms with Crippen LogP contribution < -0.4 is 0 Å². The van der Waals surface area contributed by atoms with Crippen molar-refractivity contribution >= 4 is 26.0 Å². The van der Waals surface area contributed by atoms with E-state index in [1.54, 1.807) is 16.4 Å². The van der Waals surface area contributed by atoms with E-state index >= 15 is 0 Å². The van der Waals surface area contributed by atoms with Gasteiger partial charge in [0.25, 0.3) is 0 Å². The lowest BCUT2D eigenvalue weighted by molar-refractivity contribution is 0.317. The minimum Gasteiger partial charge on any atom is -0.207 e. The molecule has 0 radical (unpaired) electrons. The predicted octanol–water partition coefficient (Wildman–Crippen LogP) is 4.21. The first kappa shape index (κ1) is 18.7. The molecule has 0 N–H and O–H groups in total. The Kier molecular flexibility index (Phi) is 7.92. The van der Waals surface area contributed by atoms with Crippen LogP contribution in [0.4, 0.5) is 0 Å². The summed E-state index contributed by atoms with van der Waals surface area (Å²) in [7, 11) is -3.42. The van der Waals surface area contributed by atoms with E-state index in [0.717, 1.165) is 25.7 Å². The molecule has 0 aromatic heterocycles. The van der Waals surface area contributed by atoms with E-state index < -0.39 is 10.0 Å². The first-order valence-corrected chi connectivity index (χ1v) is 10.2. The molecule has 1 aromatic carbocycles. The third-order valence-electron chi connectivity index (χ3n) is 3.72. The van der Waals surface area contributed by atoms with Crippen LogP contribution >= 0.6 is 15.9 Å². The number of alkyl halides is 1. The van der Waals surface area contributed by atoms with E-state index in [1.807, 2.05) is 26.0 Å². The number of benzene rings is 1. The molecule has 0 saturated carbocycles. The Balaban J connectivity index is 3.09. The molecule has 0 aliphatic heterocycles. The molecular weight excluding hydrogens is 350 g/mol. The predicted molar refractivity (Wildman–Crippen MR) is 92.5 cm³/mol. The molecular formula is C16H26BrNO2S. The summed E-state index contributed by atoms with van der Waals surface area (Å²) in [6.07, 6.45) is 3.71. The van der Waals surface area contributed by atoms with Gasteiger partial charge in [-0.1, -0.05) is 55.3 Å². The van der Waals surface area contributed by atoms with Crippen molar-refractivity contribution in [1.29, 1.82) is 0 Å². The van der Waals surface area contributed by atoms with Crippen LogP contribution in [0.2, 0.25) is 0 Å². The van der Waals surface area contributed by atoms with Crippen LogP contribution in [0.5, 0.6) is 0 Å². The highest BCUT2D eigenvalue weighted by Crippen LogP contribution is 2.22. The highest BCUT2D eigenvalue weighted by Gasteiger charge is 2.28. The van der Waals surface area contributed by atoms with E-state index in [1.165, 1.54) is 5.56 Å². The third kappa shape index (κ3) is 4.80. The Morgan fingerprint density at radius 2 is 1.67 bits per heavy atom. The van der Waals surface area contributed by atoms with Crippen LogP contribution in [0.3, 0.4) is 0 Å². The molecule has 0 bridgehead atoms. The number of hydrogen-bond donors (Lipinski definition) is 0. The molecule has 3 nitrogen and oxygen atoms in total. The van der Waals surface area contributed by atoms with Gasteiger partial charge >= 0.3 is 0 Å². The zero-order chi connectivity index (χ0) is 15.9. The van der Waals surface area contributed by atoms with Crippen molar-refractivity contribution in [1.82, 2.24) is 4.31 Å². The van der Waals surface area contributed by atoms with Crippen molar-refractivity contribution in [3.05, 3.63) is 29.8 Å². The molecule has 1 aromatic rings. The third-order valence-corrected chi connectivity index (χ3v) is 6.04. The summed E-state index contributed by atoms with van der Waals surface area (Å²) in [5.41, 5.74) is 1.19. The first-order chi connectivity index (χ1) is 10.0. The molecule has 0 fully saturated rings. The van der Waals surface area contributed by atoms with E-state index in [0.29, 0.717) is 16.8 Å². The zero-order valence-corrected chi connectivity index (χ0v) is 15.6. The van der Waals surface area contributed by atoms with Gasteiger partial charge in [-0.3, -0.25) is 0 Å². The topological polar surface area (TPSA) is 37.4 Å². The first-order valence-electron chi connectivity index (χ1n) is 7.67. The Bertz CT molecular complexity index is 510. The van der Waals surface area contributed by atoms with Crippen LogP contribution in [-0.4, -0.2) is 30.6 Å². The zero-order valence-electron chi connectivity index (χ0n) is 13.2. The summed E-state index contributed by atoms with van der Waals surface area (Å²) in [4.78, 5) is 0.398. The Labute approximate surface area is 137 Å². The summed E-state index contributed by atoms with van der Waals surface area (Å²) in [5.74, 6) is 0. The van der Waals surface area contributed by atoms with Gasteiger partial charge in [-0.05, 0) is 37.0 Å². The van der Waals surface area contributed by atoms with E-state index in [4.69, 9.17) is 0 Å². The maximum atomic E-state index is 12.9. The molecule has 5 heteroatoms. The molecule has 21 heavy (non-hydrogen) atoms. The van der Waals surface area contributed by atoms with Gasteiger partial charge in [-0.15, -0.1) is 0 Å². The second-order valence-corrected chi connectivity index (χ2v) is 7.85. The molecule has 0 heterocycles. The molecule has 120 valence electrons. The number of nitrogens with zero attached hydrogens (tertiary/aromatic N) is 1. The molecule has 0 spiro atoms. The number of aryl methyl sites for hydroxylation is 1. The lowest BCUT2D eigenvalue weighted by Gasteiger charge is -2.29. The van der Waals surface area contributed by atoms with Gasteiger partial charge in [0.05, 0.1) is 4.90 Å². The van der Waals surface area contributed by atoms with Crippen molar-refractivity contribution in [2.45, 2.75) is 57.4 Å². The summed E-state index contributed by atoms with van der Waals surface area (Å²) in [6.45, 7) is 6.70. The lowest BCUT2D eigenvalue weighted by Crippen LogP contribution is -2.40. The van der Waals surface area contributed by atoms with E-state index in [-0.39, 0.29) is 6.04 Å². The normalized spacial score (nSPS) is 12.3. The van der Waals surface area contributed by atoms with Gasteiger partial charge in [-0.2, -0.15) is 4.31 Å². The molecule has 0 amide bonds. The van der Waals surface area contributed by atoms with Gasteiger partial charge < -0.3 is 0 Å². The molecule has 0 aliphatic rings. The molecule has 0 saturated heterocycles. The van der Waals surface area contributed by atoms with Gasteiger partial charge in [0.15, 0.2) is 0 Å². The minimum absolute atomic E-state index is 0.0582. The average Bonchev–Trinajstić information content (AvgIpc) is 2.48. The molecule has 0 aliphatic carbocycles. The van der Waals surface area contributed by atoms with Crippen molar-refractivity contribution in [2.24, 2.45) is 0 Å². The fourth-order valence-electron chi connectivity index (χ4n) is 2.53. The van der Waals surface area contributed by atoms with E-state index in [9.17, 15) is 8.42 Å². The van der Waals surface area contributed by atoms with Gasteiger partial charge in [0.2, 0.25) is 10.0 Å². The van der Waals surface area contributed by atoms with E-state index in [2.05, 4.69) is 22.9 Å². The number of hydrogen-bond acceptors (Lipinski definition) is 2. The van der Waals surface area contributed by atoms with Crippen LogP contribution in [0, 0.1) is 0 Å². The van der Waals surface area contributed by atoms with Crippen LogP contribution in [0.25, 0.3) is 0 Å². The van der Waals surface area contributed by atoms with Gasteiger partial charge in [-0.25, -0.2) is 8.42 Å². The fourth-order valence-corrected chi connectivity index (χ4v) is 4.92. The highest BCUT2D eigenvalue weighted by atomic mass is 79.9. The highest BCUT2D eigenvalue weighted by molar-refractivity contribution is 9.09. The minimum atomic E-state index is -3.42. The standard InChI is InChI=1S/C16H26BrNO2S/c1-4-7-14-8-10-16(11-9-14)21(19,20)18(13-12-17)15(5-2)6-3/h8-11,15H,4-7,12-13H2,1-3H3. The van der Waals surface area contributed by atoms with Gasteiger partial charge in [0, 0.05) is 17.9 Å². The van der Waals surface area contributed by atoms with Crippen LogP contribution in [0.15, 0.2) is 29.2 Å². The summed E-state index contributed by atoms with van der Waals surface area (Å²) < 4.78 is 27.3. The Morgan fingerprint density at radius 1 is 1.10 bits per heavy atom. The number of rotatable bonds is 9. The maximum Gasteiger partial charge on any atom is 0.243 e. The van der Waals surface area contributed by atoms with Crippen LogP contribution in [0.1, 0.15) is 45.6 Å². The van der Waals surface area contributed by atoms with Crippen molar-refractivity contribution in [3.8, 4) is 0 Å². The molecule has 1 rings (SSSR count). The summed E-state index contributed by atoms with van der Waals surface area (Å²) in [5, 5.41) is 0.649. The lowest BCUT2D eigenvalue weighted by atomic mass is 10.1. The maximum absolute atomic E-state index is 12.9. The van der Waals surface area contributed by atoms with Crippen molar-refractivity contribution in [3.63, 3.8) is 0 Å². The second-order valence-electron chi connectivity index (χ2n) is 5.17. The number of sulfonamides is 1. The smallest absolute Gasteiger partial charge is 0.207 e. The van der Waals surface area contributed by atoms with Gasteiger partial charge in [0.1, 0.15) is 0 Å². The SMILES string of the molecule is CCCc1ccc(S(=O)(=O)N(CCBr)C(CC)CC)cc1. The molecule has 0 unspecified atom stereocenters. The van der Waals surface area contributed by atoms with Crippen molar-refractivity contribution < 1.29 is 8.42 Å². The Hall–Kier alpha value is -0.390. The molecule has 0 atom stereocenters. The average molecular weight is 376 g/mol. The largest absolute Gasteiger partial charge is 0.243 e. The van der Waals surface area contributed by atoms with Crippen molar-refractivity contribution in [2.75, 3.05) is 11.9 Å².